The predicted molar refractivity (Wildman–Crippen MR) is 77.8 cm³/mol. The Balaban J connectivity index is 1.70. The minimum absolute atomic E-state index is 0.232. The molecule has 100 valence electrons. The van der Waals surface area contributed by atoms with E-state index in [0.29, 0.717) is 13.1 Å². The van der Waals surface area contributed by atoms with Gasteiger partial charge in [-0.25, -0.2) is 4.79 Å². The number of carbonyl (C=O) groups excluding carboxylic acids is 1. The second-order valence-electron chi connectivity index (χ2n) is 4.06. The van der Waals surface area contributed by atoms with Gasteiger partial charge in [0, 0.05) is 24.5 Å². The monoisotopic (exact) mass is 265 g/mol. The Labute approximate surface area is 118 Å². The van der Waals surface area contributed by atoms with Gasteiger partial charge >= 0.3 is 6.03 Å². The van der Waals surface area contributed by atoms with E-state index in [2.05, 4.69) is 27.5 Å². The summed E-state index contributed by atoms with van der Waals surface area (Å²) in [4.78, 5) is 15.4. The second-order valence-corrected chi connectivity index (χ2v) is 4.06. The van der Waals surface area contributed by atoms with Gasteiger partial charge in [-0.05, 0) is 29.8 Å². The third-order valence-corrected chi connectivity index (χ3v) is 2.55. The molecule has 1 aromatic carbocycles. The lowest BCUT2D eigenvalue weighted by atomic mass is 10.2. The molecule has 1 heterocycles. The Morgan fingerprint density at radius 2 is 1.80 bits per heavy atom. The zero-order valence-corrected chi connectivity index (χ0v) is 11.0. The highest BCUT2D eigenvalue weighted by atomic mass is 16.2. The number of nitrogens with zero attached hydrogens (tertiary/aromatic N) is 1. The van der Waals surface area contributed by atoms with Gasteiger partial charge in [0.25, 0.3) is 0 Å². The van der Waals surface area contributed by atoms with E-state index < -0.39 is 0 Å². The van der Waals surface area contributed by atoms with Crippen LogP contribution in [0, 0.1) is 11.8 Å². The third kappa shape index (κ3) is 4.83. The average Bonchev–Trinajstić information content (AvgIpc) is 2.52. The first-order valence-corrected chi connectivity index (χ1v) is 6.29. The fourth-order valence-electron chi connectivity index (χ4n) is 1.54. The number of aromatic nitrogens is 1. The largest absolute Gasteiger partial charge is 0.334 e. The molecule has 0 aliphatic heterocycles. The molecule has 0 aliphatic carbocycles. The van der Waals surface area contributed by atoms with Crippen molar-refractivity contribution >= 4 is 6.03 Å². The fraction of sp³-hybridized carbons (Fsp3) is 0.125. The maximum Gasteiger partial charge on any atom is 0.315 e. The highest BCUT2D eigenvalue weighted by molar-refractivity contribution is 5.74. The molecule has 0 aliphatic rings. The van der Waals surface area contributed by atoms with E-state index in [1.807, 2.05) is 42.5 Å². The third-order valence-electron chi connectivity index (χ3n) is 2.55. The number of hydrogen-bond donors (Lipinski definition) is 2. The molecule has 0 radical (unpaired) electrons. The standard InChI is InChI=1S/C16H15N3O/c20-16(19-13-15-8-11-17-12-9-15)18-10-4-7-14-5-2-1-3-6-14/h1-3,5-6,8-9,11-12H,10,13H2,(H2,18,19,20). The molecule has 4 heteroatoms. The highest BCUT2D eigenvalue weighted by Gasteiger charge is 1.97. The lowest BCUT2D eigenvalue weighted by Crippen LogP contribution is -2.35. The molecule has 4 nitrogen and oxygen atoms in total. The van der Waals surface area contributed by atoms with Crippen molar-refractivity contribution in [1.29, 1.82) is 0 Å². The molecule has 0 spiro atoms. The molecule has 2 amide bonds. The smallest absolute Gasteiger partial charge is 0.315 e. The van der Waals surface area contributed by atoms with Crippen molar-refractivity contribution in [3.05, 3.63) is 66.0 Å². The van der Waals surface area contributed by atoms with Crippen molar-refractivity contribution in [3.8, 4) is 11.8 Å². The van der Waals surface area contributed by atoms with Gasteiger partial charge in [0.2, 0.25) is 0 Å². The molecule has 0 saturated carbocycles. The first-order valence-electron chi connectivity index (χ1n) is 6.29. The van der Waals surface area contributed by atoms with Crippen molar-refractivity contribution in [2.45, 2.75) is 6.54 Å². The quantitative estimate of drug-likeness (QED) is 0.833. The number of pyridine rings is 1. The molecular formula is C16H15N3O. The van der Waals surface area contributed by atoms with Crippen molar-refractivity contribution in [2.24, 2.45) is 0 Å². The molecule has 2 rings (SSSR count). The summed E-state index contributed by atoms with van der Waals surface area (Å²) in [5, 5.41) is 5.44. The fourth-order valence-corrected chi connectivity index (χ4v) is 1.54. The molecule has 0 saturated heterocycles. The highest BCUT2D eigenvalue weighted by Crippen LogP contribution is 1.95. The van der Waals surface area contributed by atoms with Gasteiger partial charge in [-0.1, -0.05) is 30.0 Å². The SMILES string of the molecule is O=C(NCC#Cc1ccccc1)NCc1ccncc1. The van der Waals surface area contributed by atoms with Gasteiger partial charge in [-0.2, -0.15) is 0 Å². The second kappa shape index (κ2) is 7.59. The summed E-state index contributed by atoms with van der Waals surface area (Å²) >= 11 is 0. The predicted octanol–water partition coefficient (Wildman–Crippen LogP) is 1.93. The van der Waals surface area contributed by atoms with Crippen LogP contribution in [-0.4, -0.2) is 17.6 Å². The molecule has 20 heavy (non-hydrogen) atoms. The lowest BCUT2D eigenvalue weighted by molar-refractivity contribution is 0.241. The van der Waals surface area contributed by atoms with Crippen LogP contribution in [0.5, 0.6) is 0 Å². The van der Waals surface area contributed by atoms with Crippen LogP contribution < -0.4 is 10.6 Å². The van der Waals surface area contributed by atoms with Gasteiger partial charge < -0.3 is 10.6 Å². The summed E-state index contributed by atoms with van der Waals surface area (Å²) in [7, 11) is 0. The Kier molecular flexibility index (Phi) is 5.17. The van der Waals surface area contributed by atoms with Crippen LogP contribution >= 0.6 is 0 Å². The van der Waals surface area contributed by atoms with E-state index in [0.717, 1.165) is 11.1 Å². The molecule has 0 atom stereocenters. The minimum Gasteiger partial charge on any atom is -0.334 e. The molecule has 2 aromatic rings. The number of nitrogens with one attached hydrogen (secondary N) is 2. The molecule has 2 N–H and O–H groups in total. The summed E-state index contributed by atoms with van der Waals surface area (Å²) in [5.74, 6) is 5.87. The topological polar surface area (TPSA) is 54.0 Å². The van der Waals surface area contributed by atoms with Gasteiger partial charge in [-0.3, -0.25) is 4.98 Å². The Morgan fingerprint density at radius 1 is 1.05 bits per heavy atom. The van der Waals surface area contributed by atoms with E-state index in [4.69, 9.17) is 0 Å². The Bertz CT molecular complexity index is 600. The first kappa shape index (κ1) is 13.6. The summed E-state index contributed by atoms with van der Waals surface area (Å²) in [5.41, 5.74) is 1.94. The average molecular weight is 265 g/mol. The van der Waals surface area contributed by atoms with E-state index in [1.54, 1.807) is 12.4 Å². The van der Waals surface area contributed by atoms with Gasteiger partial charge in [0.05, 0.1) is 6.54 Å². The zero-order valence-electron chi connectivity index (χ0n) is 11.0. The number of urea groups is 1. The van der Waals surface area contributed by atoms with E-state index in [1.165, 1.54) is 0 Å². The zero-order chi connectivity index (χ0) is 14.0. The summed E-state index contributed by atoms with van der Waals surface area (Å²) < 4.78 is 0. The summed E-state index contributed by atoms with van der Waals surface area (Å²) in [6.45, 7) is 0.789. The lowest BCUT2D eigenvalue weighted by Gasteiger charge is -2.04. The van der Waals surface area contributed by atoms with E-state index in [9.17, 15) is 4.79 Å². The van der Waals surface area contributed by atoms with Crippen LogP contribution in [0.4, 0.5) is 4.79 Å². The van der Waals surface area contributed by atoms with Crippen molar-refractivity contribution in [3.63, 3.8) is 0 Å². The summed E-state index contributed by atoms with van der Waals surface area (Å²) in [6.07, 6.45) is 3.39. The van der Waals surface area contributed by atoms with Gasteiger partial charge in [0.15, 0.2) is 0 Å². The van der Waals surface area contributed by atoms with Crippen LogP contribution in [0.3, 0.4) is 0 Å². The van der Waals surface area contributed by atoms with Gasteiger partial charge in [-0.15, -0.1) is 0 Å². The number of hydrogen-bond acceptors (Lipinski definition) is 2. The molecule has 0 fully saturated rings. The van der Waals surface area contributed by atoms with E-state index in [-0.39, 0.29) is 6.03 Å². The number of carbonyl (C=O) groups is 1. The van der Waals surface area contributed by atoms with Gasteiger partial charge in [0.1, 0.15) is 0 Å². The van der Waals surface area contributed by atoms with Crippen molar-refractivity contribution in [2.75, 3.05) is 6.54 Å². The first-order chi connectivity index (χ1) is 9.84. The number of benzene rings is 1. The van der Waals surface area contributed by atoms with Crippen LogP contribution in [0.15, 0.2) is 54.9 Å². The Hall–Kier alpha value is -2.80. The van der Waals surface area contributed by atoms with Crippen LogP contribution in [0.1, 0.15) is 11.1 Å². The van der Waals surface area contributed by atoms with E-state index >= 15 is 0 Å². The van der Waals surface area contributed by atoms with Crippen molar-refractivity contribution < 1.29 is 4.79 Å². The molecule has 0 unspecified atom stereocenters. The normalized spacial score (nSPS) is 9.20. The Morgan fingerprint density at radius 3 is 2.55 bits per heavy atom. The molecule has 0 bridgehead atoms. The van der Waals surface area contributed by atoms with Crippen molar-refractivity contribution in [1.82, 2.24) is 15.6 Å². The molecule has 1 aromatic heterocycles. The summed E-state index contributed by atoms with van der Waals surface area (Å²) in [6, 6.07) is 13.1. The number of rotatable bonds is 3. The number of amides is 2. The van der Waals surface area contributed by atoms with Crippen LogP contribution in [0.25, 0.3) is 0 Å². The maximum absolute atomic E-state index is 11.5. The minimum atomic E-state index is -0.232. The van der Waals surface area contributed by atoms with Crippen LogP contribution in [0.2, 0.25) is 0 Å². The van der Waals surface area contributed by atoms with Crippen LogP contribution in [-0.2, 0) is 6.54 Å². The maximum atomic E-state index is 11.5. The molecular weight excluding hydrogens is 250 g/mol.